The van der Waals surface area contributed by atoms with Crippen LogP contribution in [0.15, 0.2) is 72.1 Å². The summed E-state index contributed by atoms with van der Waals surface area (Å²) in [5.74, 6) is 0.580. The van der Waals surface area contributed by atoms with E-state index in [1.165, 1.54) is 5.56 Å². The summed E-state index contributed by atoms with van der Waals surface area (Å²) in [5, 5.41) is 18.9. The van der Waals surface area contributed by atoms with Gasteiger partial charge in [-0.3, -0.25) is 0 Å². The normalized spacial score (nSPS) is 15.1. The zero-order chi connectivity index (χ0) is 15.5. The highest BCUT2D eigenvalue weighted by molar-refractivity contribution is 5.44. The molecule has 0 spiro atoms. The molecule has 0 amide bonds. The first kappa shape index (κ1) is 15.2. The Kier molecular flexibility index (Phi) is 4.37. The lowest BCUT2D eigenvalue weighted by Crippen LogP contribution is -2.18. The van der Waals surface area contributed by atoms with Crippen molar-refractivity contribution in [2.24, 2.45) is 0 Å². The molecule has 2 N–H and O–H groups in total. The van der Waals surface area contributed by atoms with Crippen molar-refractivity contribution in [3.8, 4) is 5.75 Å². The van der Waals surface area contributed by atoms with Crippen LogP contribution in [0.4, 0.5) is 0 Å². The molecule has 0 unspecified atom stereocenters. The van der Waals surface area contributed by atoms with E-state index in [0.717, 1.165) is 17.6 Å². The third kappa shape index (κ3) is 3.88. The van der Waals surface area contributed by atoms with Crippen molar-refractivity contribution < 1.29 is 10.2 Å². The quantitative estimate of drug-likeness (QED) is 0.820. The van der Waals surface area contributed by atoms with Crippen molar-refractivity contribution in [3.05, 3.63) is 77.6 Å². The number of benzene rings is 1. The second-order valence-corrected chi connectivity index (χ2v) is 6.07. The molecule has 0 atom stereocenters. The van der Waals surface area contributed by atoms with Crippen molar-refractivity contribution in [1.29, 1.82) is 0 Å². The molecule has 1 aliphatic carbocycles. The molecular formula is C19H22O2. The average molecular weight is 282 g/mol. The highest BCUT2D eigenvalue weighted by Crippen LogP contribution is 2.33. The maximum absolute atomic E-state index is 9.51. The standard InChI is InChI=1S/C19H22O2/c1-14(15-5-4-6-17(20)10-7-15)13-19(2,3)16-8-11-18(21)12-9-16/h5-12,20-21H,1,4,13H2,2-3H3. The molecule has 0 saturated heterocycles. The molecule has 0 radical (unpaired) electrons. The summed E-state index contributed by atoms with van der Waals surface area (Å²) in [6.07, 6.45) is 9.00. The molecule has 0 aromatic heterocycles. The molecule has 0 aliphatic heterocycles. The van der Waals surface area contributed by atoms with Crippen molar-refractivity contribution in [3.63, 3.8) is 0 Å². The smallest absolute Gasteiger partial charge is 0.115 e. The summed E-state index contributed by atoms with van der Waals surface area (Å²) < 4.78 is 0. The van der Waals surface area contributed by atoms with Gasteiger partial charge in [0.25, 0.3) is 0 Å². The Balaban J connectivity index is 2.13. The number of aromatic hydroxyl groups is 1. The van der Waals surface area contributed by atoms with E-state index in [0.29, 0.717) is 12.2 Å². The van der Waals surface area contributed by atoms with E-state index in [2.05, 4.69) is 26.5 Å². The van der Waals surface area contributed by atoms with Crippen molar-refractivity contribution in [1.82, 2.24) is 0 Å². The zero-order valence-electron chi connectivity index (χ0n) is 12.6. The number of allylic oxidation sites excluding steroid dienone is 6. The fraction of sp³-hybridized carbons (Fsp3) is 0.263. The monoisotopic (exact) mass is 282 g/mol. The minimum Gasteiger partial charge on any atom is -0.508 e. The van der Waals surface area contributed by atoms with Crippen LogP contribution in [-0.4, -0.2) is 10.2 Å². The van der Waals surface area contributed by atoms with E-state index in [1.54, 1.807) is 24.3 Å². The third-order valence-electron chi connectivity index (χ3n) is 3.81. The van der Waals surface area contributed by atoms with Gasteiger partial charge in [-0.25, -0.2) is 0 Å². The van der Waals surface area contributed by atoms with Crippen LogP contribution in [0, 0.1) is 0 Å². The Morgan fingerprint density at radius 2 is 1.76 bits per heavy atom. The Morgan fingerprint density at radius 3 is 2.43 bits per heavy atom. The first-order valence-corrected chi connectivity index (χ1v) is 7.13. The molecule has 1 aromatic rings. The summed E-state index contributed by atoms with van der Waals surface area (Å²) in [6, 6.07) is 7.33. The van der Waals surface area contributed by atoms with Gasteiger partial charge >= 0.3 is 0 Å². The highest BCUT2D eigenvalue weighted by atomic mass is 16.3. The predicted octanol–water partition coefficient (Wildman–Crippen LogP) is 4.94. The van der Waals surface area contributed by atoms with Gasteiger partial charge in [0.05, 0.1) is 0 Å². The maximum atomic E-state index is 9.51. The molecule has 2 nitrogen and oxygen atoms in total. The SMILES string of the molecule is C=C(CC(C)(C)c1ccc(O)cc1)C1=CCC=C(O)C=C1. The molecular weight excluding hydrogens is 260 g/mol. The average Bonchev–Trinajstić information content (AvgIpc) is 2.63. The second-order valence-electron chi connectivity index (χ2n) is 6.07. The Labute approximate surface area is 126 Å². The summed E-state index contributed by atoms with van der Waals surface area (Å²) in [5.41, 5.74) is 3.22. The van der Waals surface area contributed by atoms with Gasteiger partial charge in [0.15, 0.2) is 0 Å². The first-order valence-electron chi connectivity index (χ1n) is 7.13. The highest BCUT2D eigenvalue weighted by Gasteiger charge is 2.22. The van der Waals surface area contributed by atoms with Gasteiger partial charge in [0.1, 0.15) is 11.5 Å². The van der Waals surface area contributed by atoms with Gasteiger partial charge in [-0.05, 0) is 59.3 Å². The lowest BCUT2D eigenvalue weighted by Gasteiger charge is -2.27. The molecule has 2 rings (SSSR count). The minimum absolute atomic E-state index is 0.0682. The second kappa shape index (κ2) is 6.04. The van der Waals surface area contributed by atoms with Crippen LogP contribution in [0.1, 0.15) is 32.3 Å². The van der Waals surface area contributed by atoms with Gasteiger partial charge in [0, 0.05) is 0 Å². The number of aliphatic hydroxyl groups excluding tert-OH is 1. The maximum Gasteiger partial charge on any atom is 0.115 e. The minimum atomic E-state index is -0.0682. The van der Waals surface area contributed by atoms with Gasteiger partial charge < -0.3 is 10.2 Å². The molecule has 0 fully saturated rings. The van der Waals surface area contributed by atoms with Gasteiger partial charge in [-0.2, -0.15) is 0 Å². The topological polar surface area (TPSA) is 40.5 Å². The Morgan fingerprint density at radius 1 is 1.10 bits per heavy atom. The number of rotatable bonds is 4. The first-order chi connectivity index (χ1) is 9.88. The van der Waals surface area contributed by atoms with Crippen LogP contribution in [0.3, 0.4) is 0 Å². The van der Waals surface area contributed by atoms with Crippen LogP contribution in [-0.2, 0) is 5.41 Å². The van der Waals surface area contributed by atoms with Crippen LogP contribution < -0.4 is 0 Å². The summed E-state index contributed by atoms with van der Waals surface area (Å²) >= 11 is 0. The van der Waals surface area contributed by atoms with E-state index in [-0.39, 0.29) is 11.2 Å². The van der Waals surface area contributed by atoms with Crippen molar-refractivity contribution in [2.75, 3.05) is 0 Å². The fourth-order valence-electron chi connectivity index (χ4n) is 2.53. The van der Waals surface area contributed by atoms with E-state index >= 15 is 0 Å². The number of phenolic OH excluding ortho intramolecular Hbond substituents is 1. The Bertz CT molecular complexity index is 613. The lowest BCUT2D eigenvalue weighted by atomic mass is 9.78. The van der Waals surface area contributed by atoms with Crippen LogP contribution in [0.2, 0.25) is 0 Å². The molecule has 0 saturated carbocycles. The van der Waals surface area contributed by atoms with Crippen LogP contribution in [0.5, 0.6) is 5.75 Å². The zero-order valence-corrected chi connectivity index (χ0v) is 12.6. The third-order valence-corrected chi connectivity index (χ3v) is 3.81. The number of aliphatic hydroxyl groups is 1. The van der Waals surface area contributed by atoms with E-state index in [9.17, 15) is 10.2 Å². The van der Waals surface area contributed by atoms with Crippen LogP contribution in [0.25, 0.3) is 0 Å². The van der Waals surface area contributed by atoms with E-state index < -0.39 is 0 Å². The number of hydrogen-bond acceptors (Lipinski definition) is 2. The molecule has 2 heteroatoms. The predicted molar refractivity (Wildman–Crippen MR) is 87.4 cm³/mol. The number of hydrogen-bond donors (Lipinski definition) is 2. The molecule has 1 aromatic carbocycles. The molecule has 0 bridgehead atoms. The molecule has 1 aliphatic rings. The number of phenols is 1. The lowest BCUT2D eigenvalue weighted by molar-refractivity contribution is 0.431. The van der Waals surface area contributed by atoms with Crippen molar-refractivity contribution in [2.45, 2.75) is 32.1 Å². The Hall–Kier alpha value is -2.22. The molecule has 21 heavy (non-hydrogen) atoms. The fourth-order valence-corrected chi connectivity index (χ4v) is 2.53. The van der Waals surface area contributed by atoms with Gasteiger partial charge in [-0.15, -0.1) is 0 Å². The van der Waals surface area contributed by atoms with Gasteiger partial charge in [-0.1, -0.05) is 44.7 Å². The summed E-state index contributed by atoms with van der Waals surface area (Å²) in [7, 11) is 0. The van der Waals surface area contributed by atoms with Crippen LogP contribution >= 0.6 is 0 Å². The van der Waals surface area contributed by atoms with Gasteiger partial charge in [0.2, 0.25) is 0 Å². The van der Waals surface area contributed by atoms with E-state index in [4.69, 9.17) is 0 Å². The largest absolute Gasteiger partial charge is 0.508 e. The van der Waals surface area contributed by atoms with Crippen molar-refractivity contribution >= 4 is 0 Å². The van der Waals surface area contributed by atoms with E-state index in [1.807, 2.05) is 18.2 Å². The summed E-state index contributed by atoms with van der Waals surface area (Å²) in [6.45, 7) is 8.54. The molecule has 110 valence electrons. The molecule has 0 heterocycles. The summed E-state index contributed by atoms with van der Waals surface area (Å²) in [4.78, 5) is 0.